The van der Waals surface area contributed by atoms with Gasteiger partial charge in [-0.3, -0.25) is 0 Å². The van der Waals surface area contributed by atoms with Gasteiger partial charge in [-0.2, -0.15) is 43.9 Å². The quantitative estimate of drug-likeness (QED) is 0.591. The van der Waals surface area contributed by atoms with E-state index in [9.17, 15) is 48.7 Å². The lowest BCUT2D eigenvalue weighted by molar-refractivity contribution is -0.349. The molecule has 0 fully saturated rings. The Kier molecular flexibility index (Phi) is 4.16. The molecule has 0 aromatic carbocycles. The number of rotatable bonds is 3. The van der Waals surface area contributed by atoms with E-state index in [0.717, 1.165) is 0 Å². The van der Waals surface area contributed by atoms with Crippen molar-refractivity contribution in [3.63, 3.8) is 0 Å². The van der Waals surface area contributed by atoms with E-state index in [1.54, 1.807) is 0 Å². The molecular weight excluding hydrogens is 294 g/mol. The van der Waals surface area contributed by atoms with Crippen LogP contribution in [0.5, 0.6) is 0 Å². The fraction of sp³-hybridized carbons (Fsp3) is 0.833. The summed E-state index contributed by atoms with van der Waals surface area (Å²) in [4.78, 5) is 10.2. The standard InChI is InChI=1S/C6H2F10O2/c7-3(8,9)1-18-2(17)4(10,11)5(12,13)6(14,15)16/h1H2. The molecule has 0 aliphatic heterocycles. The van der Waals surface area contributed by atoms with E-state index >= 15 is 0 Å². The first-order valence-electron chi connectivity index (χ1n) is 3.69. The zero-order chi connectivity index (χ0) is 15.0. The Hall–Kier alpha value is -1.23. The molecule has 0 rings (SSSR count). The van der Waals surface area contributed by atoms with Crippen molar-refractivity contribution < 1.29 is 53.4 Å². The second-order valence-corrected chi connectivity index (χ2v) is 2.84. The highest BCUT2D eigenvalue weighted by Gasteiger charge is 2.77. The largest absolute Gasteiger partial charge is 0.460 e. The summed E-state index contributed by atoms with van der Waals surface area (Å²) < 4.78 is 120. The van der Waals surface area contributed by atoms with Gasteiger partial charge in [0.15, 0.2) is 6.61 Å². The third-order valence-electron chi connectivity index (χ3n) is 1.37. The van der Waals surface area contributed by atoms with E-state index in [1.165, 1.54) is 0 Å². The van der Waals surface area contributed by atoms with Crippen molar-refractivity contribution in [3.8, 4) is 0 Å². The minimum atomic E-state index is -6.84. The predicted molar refractivity (Wildman–Crippen MR) is 33.0 cm³/mol. The molecule has 108 valence electrons. The Bertz CT molecular complexity index is 313. The van der Waals surface area contributed by atoms with Crippen molar-refractivity contribution in [2.24, 2.45) is 0 Å². The van der Waals surface area contributed by atoms with Crippen LogP contribution < -0.4 is 0 Å². The first-order chi connectivity index (χ1) is 7.63. The highest BCUT2D eigenvalue weighted by Crippen LogP contribution is 2.47. The summed E-state index contributed by atoms with van der Waals surface area (Å²) in [7, 11) is 0. The fourth-order valence-electron chi connectivity index (χ4n) is 0.544. The van der Waals surface area contributed by atoms with Crippen LogP contribution >= 0.6 is 0 Å². The molecule has 0 amide bonds. The van der Waals surface area contributed by atoms with Gasteiger partial charge in [0.05, 0.1) is 0 Å². The van der Waals surface area contributed by atoms with Crippen LogP contribution in [0.2, 0.25) is 0 Å². The van der Waals surface area contributed by atoms with Crippen LogP contribution in [0.1, 0.15) is 0 Å². The number of carbonyl (C=O) groups is 1. The predicted octanol–water partition coefficient (Wildman–Crippen LogP) is 2.92. The van der Waals surface area contributed by atoms with Gasteiger partial charge in [0, 0.05) is 0 Å². The monoisotopic (exact) mass is 296 g/mol. The minimum absolute atomic E-state index is 2.66. The van der Waals surface area contributed by atoms with Crippen LogP contribution in [0.4, 0.5) is 43.9 Å². The Morgan fingerprint density at radius 1 is 0.833 bits per heavy atom. The summed E-state index contributed by atoms with van der Waals surface area (Å²) in [6.07, 6.45) is -12.2. The fourth-order valence-corrected chi connectivity index (χ4v) is 0.544. The summed E-state index contributed by atoms with van der Waals surface area (Å²) in [5.74, 6) is -16.9. The van der Waals surface area contributed by atoms with Crippen LogP contribution in [-0.2, 0) is 9.53 Å². The summed E-state index contributed by atoms with van der Waals surface area (Å²) in [6, 6.07) is 0. The van der Waals surface area contributed by atoms with Crippen molar-refractivity contribution in [2.45, 2.75) is 24.2 Å². The summed E-state index contributed by atoms with van der Waals surface area (Å²) in [6.45, 7) is -2.71. The summed E-state index contributed by atoms with van der Waals surface area (Å²) >= 11 is 0. The number of halogens is 10. The van der Waals surface area contributed by atoms with Crippen molar-refractivity contribution in [2.75, 3.05) is 6.61 Å². The number of alkyl halides is 10. The zero-order valence-corrected chi connectivity index (χ0v) is 7.80. The topological polar surface area (TPSA) is 26.3 Å². The van der Waals surface area contributed by atoms with Gasteiger partial charge < -0.3 is 4.74 Å². The summed E-state index contributed by atoms with van der Waals surface area (Å²) in [5.41, 5.74) is 0. The van der Waals surface area contributed by atoms with Crippen LogP contribution in [-0.4, -0.2) is 36.8 Å². The van der Waals surface area contributed by atoms with Crippen LogP contribution in [0.3, 0.4) is 0 Å². The second-order valence-electron chi connectivity index (χ2n) is 2.84. The van der Waals surface area contributed by atoms with Crippen LogP contribution in [0.25, 0.3) is 0 Å². The molecule has 0 heterocycles. The third-order valence-corrected chi connectivity index (χ3v) is 1.37. The van der Waals surface area contributed by atoms with E-state index in [-0.39, 0.29) is 0 Å². The minimum Gasteiger partial charge on any atom is -0.451 e. The van der Waals surface area contributed by atoms with Crippen molar-refractivity contribution in [3.05, 3.63) is 0 Å². The van der Waals surface area contributed by atoms with E-state index < -0.39 is 36.8 Å². The smallest absolute Gasteiger partial charge is 0.451 e. The third kappa shape index (κ3) is 3.38. The van der Waals surface area contributed by atoms with Gasteiger partial charge >= 0.3 is 30.2 Å². The van der Waals surface area contributed by atoms with Crippen molar-refractivity contribution in [1.29, 1.82) is 0 Å². The van der Waals surface area contributed by atoms with Crippen LogP contribution in [0.15, 0.2) is 0 Å². The lowest BCUT2D eigenvalue weighted by atomic mass is 10.1. The Morgan fingerprint density at radius 3 is 1.50 bits per heavy atom. The van der Waals surface area contributed by atoms with E-state index in [2.05, 4.69) is 4.74 Å². The normalized spacial score (nSPS) is 14.6. The molecule has 0 bridgehead atoms. The highest BCUT2D eigenvalue weighted by molar-refractivity contribution is 5.79. The number of hydrogen-bond acceptors (Lipinski definition) is 2. The Labute approximate surface area is 91.5 Å². The average molecular weight is 296 g/mol. The molecule has 0 radical (unpaired) electrons. The van der Waals surface area contributed by atoms with E-state index in [4.69, 9.17) is 0 Å². The maximum absolute atomic E-state index is 12.4. The molecule has 12 heteroatoms. The van der Waals surface area contributed by atoms with Crippen LogP contribution in [0, 0.1) is 0 Å². The van der Waals surface area contributed by atoms with E-state index in [1.807, 2.05) is 0 Å². The molecule has 0 saturated carbocycles. The molecule has 2 nitrogen and oxygen atoms in total. The maximum Gasteiger partial charge on any atom is 0.460 e. The molecular formula is C6H2F10O2. The Balaban J connectivity index is 4.99. The van der Waals surface area contributed by atoms with Gasteiger partial charge in [-0.25, -0.2) is 4.79 Å². The average Bonchev–Trinajstić information content (AvgIpc) is 2.10. The van der Waals surface area contributed by atoms with Gasteiger partial charge in [-0.1, -0.05) is 0 Å². The number of esters is 1. The highest BCUT2D eigenvalue weighted by atomic mass is 19.4. The van der Waals surface area contributed by atoms with E-state index in [0.29, 0.717) is 0 Å². The maximum atomic E-state index is 12.4. The Morgan fingerprint density at radius 2 is 1.22 bits per heavy atom. The summed E-state index contributed by atoms with van der Waals surface area (Å²) in [5, 5.41) is 0. The van der Waals surface area contributed by atoms with Gasteiger partial charge in [-0.15, -0.1) is 0 Å². The number of carbonyl (C=O) groups excluding carboxylic acids is 1. The number of hydrogen-bond donors (Lipinski definition) is 0. The molecule has 0 N–H and O–H groups in total. The molecule has 0 unspecified atom stereocenters. The van der Waals surface area contributed by atoms with Gasteiger partial charge in [0.1, 0.15) is 0 Å². The second kappa shape index (κ2) is 4.46. The first kappa shape index (κ1) is 16.8. The van der Waals surface area contributed by atoms with Crippen molar-refractivity contribution >= 4 is 5.97 Å². The van der Waals surface area contributed by atoms with Gasteiger partial charge in [0.2, 0.25) is 0 Å². The molecule has 0 saturated heterocycles. The molecule has 0 aliphatic carbocycles. The SMILES string of the molecule is O=C(OCC(F)(F)F)C(F)(F)C(F)(F)C(F)(F)F. The van der Waals surface area contributed by atoms with Gasteiger partial charge in [-0.05, 0) is 0 Å². The molecule has 0 aromatic heterocycles. The molecule has 0 aromatic rings. The van der Waals surface area contributed by atoms with Crippen molar-refractivity contribution in [1.82, 2.24) is 0 Å². The number of ether oxygens (including phenoxy) is 1. The molecule has 0 aliphatic rings. The van der Waals surface area contributed by atoms with Gasteiger partial charge in [0.25, 0.3) is 0 Å². The molecule has 18 heavy (non-hydrogen) atoms. The lowest BCUT2D eigenvalue weighted by Gasteiger charge is -2.26. The first-order valence-corrected chi connectivity index (χ1v) is 3.69. The zero-order valence-electron chi connectivity index (χ0n) is 7.80. The molecule has 0 spiro atoms. The lowest BCUT2D eigenvalue weighted by Crippen LogP contribution is -2.57. The molecule has 0 atom stereocenters.